The van der Waals surface area contributed by atoms with Gasteiger partial charge in [0, 0.05) is 10.7 Å². The van der Waals surface area contributed by atoms with Gasteiger partial charge in [0.15, 0.2) is 6.61 Å². The van der Waals surface area contributed by atoms with Gasteiger partial charge in [-0.2, -0.15) is 0 Å². The lowest BCUT2D eigenvalue weighted by molar-refractivity contribution is -0.120. The van der Waals surface area contributed by atoms with E-state index in [1.165, 1.54) is 5.56 Å². The van der Waals surface area contributed by atoms with Gasteiger partial charge >= 0.3 is 0 Å². The molecule has 1 amide bonds. The number of hydrogen-bond donors (Lipinski definition) is 1. The molecule has 0 aliphatic carbocycles. The summed E-state index contributed by atoms with van der Waals surface area (Å²) in [6.07, 6.45) is 1.59. The highest BCUT2D eigenvalue weighted by Gasteiger charge is 2.12. The van der Waals surface area contributed by atoms with E-state index >= 15 is 0 Å². The minimum absolute atomic E-state index is 0.114. The number of carbonyl (C=O) groups excluding carboxylic acids is 1. The molecule has 0 heterocycles. The minimum Gasteiger partial charge on any atom is -0.386 e. The molecule has 0 spiro atoms. The summed E-state index contributed by atoms with van der Waals surface area (Å²) in [6.45, 7) is 8.23. The van der Waals surface area contributed by atoms with Crippen LogP contribution in [0.1, 0.15) is 37.5 Å². The fraction of sp³-hybridized carbons (Fsp3) is 0.300. The number of oxime groups is 1. The van der Waals surface area contributed by atoms with Crippen molar-refractivity contribution in [1.29, 1.82) is 0 Å². The van der Waals surface area contributed by atoms with Gasteiger partial charge in [-0.25, -0.2) is 0 Å². The van der Waals surface area contributed by atoms with E-state index in [2.05, 4.69) is 43.4 Å². The van der Waals surface area contributed by atoms with Gasteiger partial charge in [-0.05, 0) is 41.2 Å². The summed E-state index contributed by atoms with van der Waals surface area (Å²) in [5.41, 5.74) is 3.88. The number of benzene rings is 2. The maximum Gasteiger partial charge on any atom is 0.265 e. The van der Waals surface area contributed by atoms with Crippen molar-refractivity contribution in [3.63, 3.8) is 0 Å². The van der Waals surface area contributed by atoms with Crippen molar-refractivity contribution < 1.29 is 9.63 Å². The second-order valence-corrected chi connectivity index (χ2v) is 7.32. The molecule has 0 unspecified atom stereocenters. The van der Waals surface area contributed by atoms with Crippen molar-refractivity contribution in [2.75, 3.05) is 11.9 Å². The molecule has 132 valence electrons. The highest BCUT2D eigenvalue weighted by molar-refractivity contribution is 6.31. The van der Waals surface area contributed by atoms with Gasteiger partial charge in [0.1, 0.15) is 0 Å². The van der Waals surface area contributed by atoms with E-state index in [4.69, 9.17) is 16.4 Å². The number of halogens is 1. The van der Waals surface area contributed by atoms with Crippen LogP contribution in [0.4, 0.5) is 5.69 Å². The Morgan fingerprint density at radius 3 is 2.52 bits per heavy atom. The molecule has 25 heavy (non-hydrogen) atoms. The van der Waals surface area contributed by atoms with E-state index in [-0.39, 0.29) is 17.9 Å². The van der Waals surface area contributed by atoms with Gasteiger partial charge in [0.2, 0.25) is 0 Å². The number of rotatable bonds is 5. The Bertz CT molecular complexity index is 762. The SMILES string of the molecule is Cc1ccc(Cl)cc1NC(=O)CO/N=C/c1ccc(C(C)(C)C)cc1. The third kappa shape index (κ3) is 5.91. The summed E-state index contributed by atoms with van der Waals surface area (Å²) >= 11 is 5.93. The van der Waals surface area contributed by atoms with E-state index in [9.17, 15) is 4.79 Å². The van der Waals surface area contributed by atoms with Crippen LogP contribution in [-0.4, -0.2) is 18.7 Å². The number of amides is 1. The van der Waals surface area contributed by atoms with Gasteiger partial charge in [0.05, 0.1) is 6.21 Å². The van der Waals surface area contributed by atoms with Gasteiger partial charge in [-0.15, -0.1) is 0 Å². The summed E-state index contributed by atoms with van der Waals surface area (Å²) in [6, 6.07) is 13.4. The molecule has 2 aromatic rings. The standard InChI is InChI=1S/C20H23ClN2O2/c1-14-5-10-17(21)11-18(14)23-19(24)13-25-22-12-15-6-8-16(9-7-15)20(2,3)4/h5-12H,13H2,1-4H3,(H,23,24)/b22-12+. The third-order valence-electron chi connectivity index (χ3n) is 3.72. The van der Waals surface area contributed by atoms with Crippen LogP contribution in [0, 0.1) is 6.92 Å². The first-order valence-corrected chi connectivity index (χ1v) is 8.45. The second kappa shape index (κ2) is 8.17. The van der Waals surface area contributed by atoms with Gasteiger partial charge in [-0.1, -0.05) is 67.9 Å². The summed E-state index contributed by atoms with van der Waals surface area (Å²) in [5, 5.41) is 7.16. The molecule has 0 fully saturated rings. The Kier molecular flexibility index (Phi) is 6.21. The number of carbonyl (C=O) groups is 1. The Hall–Kier alpha value is -2.33. The van der Waals surface area contributed by atoms with Crippen molar-refractivity contribution in [3.05, 3.63) is 64.2 Å². The summed E-state index contributed by atoms with van der Waals surface area (Å²) in [7, 11) is 0. The quantitative estimate of drug-likeness (QED) is 0.608. The molecule has 1 N–H and O–H groups in total. The van der Waals surface area contributed by atoms with Gasteiger partial charge in [-0.3, -0.25) is 4.79 Å². The molecule has 0 radical (unpaired) electrons. The first-order chi connectivity index (χ1) is 11.8. The van der Waals surface area contributed by atoms with E-state index in [0.29, 0.717) is 10.7 Å². The monoisotopic (exact) mass is 358 g/mol. The lowest BCUT2D eigenvalue weighted by atomic mass is 9.87. The number of nitrogens with one attached hydrogen (secondary N) is 1. The van der Waals surface area contributed by atoms with E-state index < -0.39 is 0 Å². The molecule has 0 bridgehead atoms. The molecule has 0 aromatic heterocycles. The molecule has 0 saturated heterocycles. The van der Waals surface area contributed by atoms with Crippen molar-refractivity contribution in [3.8, 4) is 0 Å². The summed E-state index contributed by atoms with van der Waals surface area (Å²) in [4.78, 5) is 17.0. The minimum atomic E-state index is -0.286. The smallest absolute Gasteiger partial charge is 0.265 e. The zero-order valence-corrected chi connectivity index (χ0v) is 15.7. The van der Waals surface area contributed by atoms with E-state index in [1.54, 1.807) is 18.3 Å². The molecular formula is C20H23ClN2O2. The summed E-state index contributed by atoms with van der Waals surface area (Å²) < 4.78 is 0. The number of aryl methyl sites for hydroxylation is 1. The molecular weight excluding hydrogens is 336 g/mol. The predicted octanol–water partition coefficient (Wildman–Crippen LogP) is 4.94. The maximum absolute atomic E-state index is 11.9. The Morgan fingerprint density at radius 1 is 1.20 bits per heavy atom. The van der Waals surface area contributed by atoms with Crippen LogP contribution in [0.5, 0.6) is 0 Å². The fourth-order valence-corrected chi connectivity index (χ4v) is 2.35. The number of anilines is 1. The van der Waals surface area contributed by atoms with Crippen molar-refractivity contribution in [2.45, 2.75) is 33.1 Å². The van der Waals surface area contributed by atoms with Crippen LogP contribution in [0.2, 0.25) is 5.02 Å². The highest BCUT2D eigenvalue weighted by atomic mass is 35.5. The molecule has 5 heteroatoms. The Morgan fingerprint density at radius 2 is 1.88 bits per heavy atom. The molecule has 4 nitrogen and oxygen atoms in total. The second-order valence-electron chi connectivity index (χ2n) is 6.89. The van der Waals surface area contributed by atoms with E-state index in [0.717, 1.165) is 11.1 Å². The molecule has 0 atom stereocenters. The Balaban J connectivity index is 1.84. The lowest BCUT2D eigenvalue weighted by Crippen LogP contribution is -2.17. The zero-order chi connectivity index (χ0) is 18.4. The molecule has 0 aliphatic rings. The van der Waals surface area contributed by atoms with Crippen LogP contribution in [0.15, 0.2) is 47.6 Å². The molecule has 2 rings (SSSR count). The topological polar surface area (TPSA) is 50.7 Å². The number of hydrogen-bond acceptors (Lipinski definition) is 3. The van der Waals surface area contributed by atoms with Gasteiger partial charge < -0.3 is 10.2 Å². The molecule has 0 saturated carbocycles. The van der Waals surface area contributed by atoms with Crippen LogP contribution in [-0.2, 0) is 15.0 Å². The molecule has 0 aliphatic heterocycles. The average Bonchev–Trinajstić information content (AvgIpc) is 2.55. The zero-order valence-electron chi connectivity index (χ0n) is 15.0. The van der Waals surface area contributed by atoms with Crippen LogP contribution < -0.4 is 5.32 Å². The summed E-state index contributed by atoms with van der Waals surface area (Å²) in [5.74, 6) is -0.286. The average molecular weight is 359 g/mol. The maximum atomic E-state index is 11.9. The number of nitrogens with zero attached hydrogens (tertiary/aromatic N) is 1. The highest BCUT2D eigenvalue weighted by Crippen LogP contribution is 2.22. The van der Waals surface area contributed by atoms with Crippen molar-refractivity contribution in [2.24, 2.45) is 5.16 Å². The third-order valence-corrected chi connectivity index (χ3v) is 3.96. The lowest BCUT2D eigenvalue weighted by Gasteiger charge is -2.18. The van der Waals surface area contributed by atoms with Gasteiger partial charge in [0.25, 0.3) is 5.91 Å². The van der Waals surface area contributed by atoms with Crippen LogP contribution in [0.3, 0.4) is 0 Å². The van der Waals surface area contributed by atoms with Crippen molar-refractivity contribution in [1.82, 2.24) is 0 Å². The van der Waals surface area contributed by atoms with Crippen molar-refractivity contribution >= 4 is 29.4 Å². The van der Waals surface area contributed by atoms with E-state index in [1.807, 2.05) is 25.1 Å². The fourth-order valence-electron chi connectivity index (χ4n) is 2.18. The first kappa shape index (κ1) is 19.0. The van der Waals surface area contributed by atoms with Crippen LogP contribution >= 0.6 is 11.6 Å². The molecule has 2 aromatic carbocycles. The first-order valence-electron chi connectivity index (χ1n) is 8.07. The Labute approximate surface area is 153 Å². The largest absolute Gasteiger partial charge is 0.386 e. The predicted molar refractivity (Wildman–Crippen MR) is 104 cm³/mol. The van der Waals surface area contributed by atoms with Crippen LogP contribution in [0.25, 0.3) is 0 Å². The normalized spacial score (nSPS) is 11.6.